The maximum absolute atomic E-state index is 5.78. The highest BCUT2D eigenvalue weighted by Crippen LogP contribution is 2.40. The Labute approximate surface area is 131 Å². The van der Waals surface area contributed by atoms with E-state index in [0.717, 1.165) is 12.8 Å². The molecule has 1 rings (SSSR count). The molecule has 0 aromatic heterocycles. The van der Waals surface area contributed by atoms with Gasteiger partial charge in [-0.1, -0.05) is 83.6 Å². The summed E-state index contributed by atoms with van der Waals surface area (Å²) in [5.41, 5.74) is -0.101. The highest BCUT2D eigenvalue weighted by Gasteiger charge is 2.43. The van der Waals surface area contributed by atoms with Gasteiger partial charge in [0.1, 0.15) is 5.60 Å². The molecule has 0 aliphatic carbocycles. The molecule has 21 heavy (non-hydrogen) atoms. The molecular formula is C18H36O3. The molecule has 0 amide bonds. The van der Waals surface area contributed by atoms with E-state index in [1.54, 1.807) is 0 Å². The van der Waals surface area contributed by atoms with Crippen molar-refractivity contribution in [1.29, 1.82) is 0 Å². The van der Waals surface area contributed by atoms with Crippen molar-refractivity contribution in [3.8, 4) is 0 Å². The van der Waals surface area contributed by atoms with Crippen molar-refractivity contribution in [2.45, 2.75) is 103 Å². The van der Waals surface area contributed by atoms with Crippen LogP contribution in [0.3, 0.4) is 0 Å². The smallest absolute Gasteiger partial charge is 0.112 e. The zero-order valence-electron chi connectivity index (χ0n) is 14.5. The fourth-order valence-corrected chi connectivity index (χ4v) is 3.37. The van der Waals surface area contributed by atoms with E-state index in [9.17, 15) is 0 Å². The summed E-state index contributed by atoms with van der Waals surface area (Å²) in [5.74, 6) is 0.492. The second-order valence-electron chi connectivity index (χ2n) is 6.61. The molecule has 1 heterocycles. The van der Waals surface area contributed by atoms with Crippen LogP contribution in [-0.4, -0.2) is 12.2 Å². The van der Waals surface area contributed by atoms with Crippen LogP contribution in [0.5, 0.6) is 0 Å². The van der Waals surface area contributed by atoms with Crippen LogP contribution >= 0.6 is 0 Å². The molecule has 3 heteroatoms. The Morgan fingerprint density at radius 1 is 0.810 bits per heavy atom. The first-order chi connectivity index (χ1) is 10.3. The van der Waals surface area contributed by atoms with E-state index in [1.165, 1.54) is 64.2 Å². The second kappa shape index (κ2) is 11.4. The van der Waals surface area contributed by atoms with Crippen LogP contribution < -0.4 is 0 Å². The number of hydrogen-bond donors (Lipinski definition) is 0. The van der Waals surface area contributed by atoms with E-state index in [-0.39, 0.29) is 5.60 Å². The summed E-state index contributed by atoms with van der Waals surface area (Å²) in [5, 5.41) is 4.98. The van der Waals surface area contributed by atoms with Gasteiger partial charge in [-0.3, -0.25) is 0 Å². The Kier molecular flexibility index (Phi) is 10.3. The maximum Gasteiger partial charge on any atom is 0.112 e. The van der Waals surface area contributed by atoms with Gasteiger partial charge < -0.3 is 0 Å². The number of unbranched alkanes of at least 4 members (excludes halogenated alkanes) is 6. The Morgan fingerprint density at radius 2 is 1.38 bits per heavy atom. The minimum absolute atomic E-state index is 0.101. The van der Waals surface area contributed by atoms with Gasteiger partial charge in [0.25, 0.3) is 0 Å². The summed E-state index contributed by atoms with van der Waals surface area (Å²) in [6.45, 7) is 7.46. The maximum atomic E-state index is 5.78. The minimum Gasteiger partial charge on any atom is -0.206 e. The Morgan fingerprint density at radius 3 is 1.95 bits per heavy atom. The van der Waals surface area contributed by atoms with E-state index >= 15 is 0 Å². The predicted octanol–water partition coefficient (Wildman–Crippen LogP) is 5.98. The third kappa shape index (κ3) is 6.66. The lowest BCUT2D eigenvalue weighted by Gasteiger charge is -2.42. The van der Waals surface area contributed by atoms with Crippen molar-refractivity contribution in [3.63, 3.8) is 0 Å². The van der Waals surface area contributed by atoms with Crippen LogP contribution in [0.15, 0.2) is 0 Å². The Balaban J connectivity index is 2.61. The highest BCUT2D eigenvalue weighted by atomic mass is 17.5. The quantitative estimate of drug-likeness (QED) is 0.328. The lowest BCUT2D eigenvalue weighted by Crippen LogP contribution is -2.47. The molecule has 0 bridgehead atoms. The van der Waals surface area contributed by atoms with Crippen LogP contribution in [0, 0.1) is 5.92 Å². The molecule has 1 unspecified atom stereocenters. The van der Waals surface area contributed by atoms with Crippen molar-refractivity contribution >= 4 is 0 Å². The van der Waals surface area contributed by atoms with Gasteiger partial charge in [0.05, 0.1) is 6.61 Å². The molecule has 1 saturated heterocycles. The first kappa shape index (κ1) is 18.9. The van der Waals surface area contributed by atoms with Crippen LogP contribution in [0.2, 0.25) is 0 Å². The average Bonchev–Trinajstić information content (AvgIpc) is 2.50. The molecular weight excluding hydrogens is 264 g/mol. The molecule has 1 aliphatic rings. The lowest BCUT2D eigenvalue weighted by atomic mass is 9.76. The summed E-state index contributed by atoms with van der Waals surface area (Å²) >= 11 is 0. The molecule has 0 aromatic rings. The molecule has 0 spiro atoms. The van der Waals surface area contributed by atoms with Gasteiger partial charge in [0.15, 0.2) is 0 Å². The summed E-state index contributed by atoms with van der Waals surface area (Å²) in [6.07, 6.45) is 14.8. The topological polar surface area (TPSA) is 27.7 Å². The lowest BCUT2D eigenvalue weighted by molar-refractivity contribution is -0.581. The first-order valence-electron chi connectivity index (χ1n) is 9.26. The van der Waals surface area contributed by atoms with Gasteiger partial charge in [-0.05, 0) is 19.3 Å². The summed E-state index contributed by atoms with van der Waals surface area (Å²) < 4.78 is 0. The molecule has 3 nitrogen and oxygen atoms in total. The monoisotopic (exact) mass is 300 g/mol. The van der Waals surface area contributed by atoms with Gasteiger partial charge in [0, 0.05) is 5.92 Å². The van der Waals surface area contributed by atoms with E-state index in [4.69, 9.17) is 14.8 Å². The van der Waals surface area contributed by atoms with E-state index in [1.807, 2.05) is 0 Å². The standard InChI is InChI=1S/C18H36O3/c1-4-7-10-13-17-16-19-21-20-18(17,14-11-8-5-2)15-12-9-6-3/h17H,4-16H2,1-3H3. The van der Waals surface area contributed by atoms with Crippen LogP contribution in [0.4, 0.5) is 0 Å². The van der Waals surface area contributed by atoms with E-state index < -0.39 is 0 Å². The third-order valence-electron chi connectivity index (χ3n) is 4.82. The predicted molar refractivity (Wildman–Crippen MR) is 86.8 cm³/mol. The van der Waals surface area contributed by atoms with Crippen molar-refractivity contribution < 1.29 is 14.8 Å². The van der Waals surface area contributed by atoms with E-state index in [2.05, 4.69) is 20.8 Å². The molecule has 1 aliphatic heterocycles. The van der Waals surface area contributed by atoms with Gasteiger partial charge in [-0.15, -0.1) is 0 Å². The number of rotatable bonds is 12. The summed E-state index contributed by atoms with van der Waals surface area (Å²) in [6, 6.07) is 0. The average molecular weight is 300 g/mol. The van der Waals surface area contributed by atoms with Crippen molar-refractivity contribution in [1.82, 2.24) is 0 Å². The zero-order chi connectivity index (χ0) is 15.4. The van der Waals surface area contributed by atoms with Crippen molar-refractivity contribution in [2.75, 3.05) is 6.61 Å². The Hall–Kier alpha value is -0.120. The van der Waals surface area contributed by atoms with Crippen LogP contribution in [-0.2, 0) is 14.8 Å². The number of hydrogen-bond acceptors (Lipinski definition) is 3. The molecule has 0 N–H and O–H groups in total. The van der Waals surface area contributed by atoms with E-state index in [0.29, 0.717) is 12.5 Å². The molecule has 0 radical (unpaired) electrons. The SMILES string of the molecule is CCCCCC1COOOC1(CCCCC)CCCCC. The van der Waals surface area contributed by atoms with Crippen molar-refractivity contribution in [2.24, 2.45) is 5.92 Å². The summed E-state index contributed by atoms with van der Waals surface area (Å²) in [4.78, 5) is 10.9. The molecule has 1 atom stereocenters. The minimum atomic E-state index is -0.101. The third-order valence-corrected chi connectivity index (χ3v) is 4.82. The zero-order valence-corrected chi connectivity index (χ0v) is 14.5. The highest BCUT2D eigenvalue weighted by molar-refractivity contribution is 4.88. The fraction of sp³-hybridized carbons (Fsp3) is 1.00. The van der Waals surface area contributed by atoms with Gasteiger partial charge in [-0.2, -0.15) is 4.89 Å². The van der Waals surface area contributed by atoms with Gasteiger partial charge in [0.2, 0.25) is 0 Å². The molecule has 0 saturated carbocycles. The van der Waals surface area contributed by atoms with Crippen LogP contribution in [0.25, 0.3) is 0 Å². The largest absolute Gasteiger partial charge is 0.206 e. The van der Waals surface area contributed by atoms with Crippen molar-refractivity contribution in [3.05, 3.63) is 0 Å². The summed E-state index contributed by atoms with van der Waals surface area (Å²) in [7, 11) is 0. The van der Waals surface area contributed by atoms with Crippen LogP contribution in [0.1, 0.15) is 97.8 Å². The first-order valence-corrected chi connectivity index (χ1v) is 9.26. The van der Waals surface area contributed by atoms with Gasteiger partial charge >= 0.3 is 0 Å². The molecule has 0 aromatic carbocycles. The fourth-order valence-electron chi connectivity index (χ4n) is 3.37. The Bertz CT molecular complexity index is 233. The molecule has 1 fully saturated rings. The molecule has 126 valence electrons. The normalized spacial score (nSPS) is 21.6. The second-order valence-corrected chi connectivity index (χ2v) is 6.61. The van der Waals surface area contributed by atoms with Gasteiger partial charge in [-0.25, -0.2) is 4.89 Å².